The second kappa shape index (κ2) is 3.05. The van der Waals surface area contributed by atoms with Crippen LogP contribution in [0.15, 0.2) is 0 Å². The highest BCUT2D eigenvalue weighted by atomic mass is 19.3. The van der Waals surface area contributed by atoms with Gasteiger partial charge in [0.2, 0.25) is 0 Å². The van der Waals surface area contributed by atoms with Crippen LogP contribution in [0.2, 0.25) is 0 Å². The van der Waals surface area contributed by atoms with Crippen LogP contribution >= 0.6 is 0 Å². The van der Waals surface area contributed by atoms with Crippen LogP contribution in [0.3, 0.4) is 0 Å². The molecular weight excluding hydrogens is 148 g/mol. The van der Waals surface area contributed by atoms with Crippen molar-refractivity contribution in [3.63, 3.8) is 0 Å². The zero-order valence-corrected chi connectivity index (χ0v) is 7.03. The summed E-state index contributed by atoms with van der Waals surface area (Å²) in [5.74, 6) is -2.67. The lowest BCUT2D eigenvalue weighted by Crippen LogP contribution is -2.20. The van der Waals surface area contributed by atoms with Gasteiger partial charge in [0.1, 0.15) is 0 Å². The molecule has 0 heterocycles. The summed E-state index contributed by atoms with van der Waals surface area (Å²) in [6.45, 7) is 2.36. The molecule has 0 aliphatic heterocycles. The van der Waals surface area contributed by atoms with Crippen LogP contribution in [0.4, 0.5) is 8.78 Å². The third kappa shape index (κ3) is 1.89. The van der Waals surface area contributed by atoms with Gasteiger partial charge in [-0.1, -0.05) is 6.92 Å². The van der Waals surface area contributed by atoms with Crippen LogP contribution in [-0.2, 0) is 0 Å². The number of hydrogen-bond acceptors (Lipinski definition) is 1. The van der Waals surface area contributed by atoms with E-state index in [9.17, 15) is 8.78 Å². The average Bonchev–Trinajstić information content (AvgIpc) is 2.08. The first-order chi connectivity index (χ1) is 5.06. The molecule has 0 bridgehead atoms. The summed E-state index contributed by atoms with van der Waals surface area (Å²) in [5.41, 5.74) is 0. The molecule has 2 unspecified atom stereocenters. The quantitative estimate of drug-likeness (QED) is 0.655. The third-order valence-corrected chi connectivity index (χ3v) is 2.46. The van der Waals surface area contributed by atoms with Crippen molar-refractivity contribution in [3.05, 3.63) is 0 Å². The molecular formula is C8H15F2N. The maximum absolute atomic E-state index is 12.9. The first kappa shape index (κ1) is 8.91. The van der Waals surface area contributed by atoms with Crippen molar-refractivity contribution in [1.82, 2.24) is 5.32 Å². The van der Waals surface area contributed by atoms with Crippen LogP contribution in [0.25, 0.3) is 0 Å². The summed E-state index contributed by atoms with van der Waals surface area (Å²) in [4.78, 5) is 0. The van der Waals surface area contributed by atoms with Gasteiger partial charge in [-0.2, -0.15) is 0 Å². The Kier molecular flexibility index (Phi) is 2.47. The first-order valence-electron chi connectivity index (χ1n) is 4.08. The van der Waals surface area contributed by atoms with Gasteiger partial charge < -0.3 is 5.32 Å². The number of alkyl halides is 2. The molecule has 1 N–H and O–H groups in total. The molecule has 0 aromatic heterocycles. The Bertz CT molecular complexity index is 136. The second-order valence-electron chi connectivity index (χ2n) is 3.53. The van der Waals surface area contributed by atoms with E-state index in [2.05, 4.69) is 5.32 Å². The van der Waals surface area contributed by atoms with E-state index in [1.54, 1.807) is 14.0 Å². The Labute approximate surface area is 66.2 Å². The average molecular weight is 163 g/mol. The summed E-state index contributed by atoms with van der Waals surface area (Å²) in [7, 11) is 1.81. The van der Waals surface area contributed by atoms with E-state index < -0.39 is 11.8 Å². The van der Waals surface area contributed by atoms with Crippen molar-refractivity contribution < 1.29 is 8.78 Å². The molecule has 0 saturated heterocycles. The summed E-state index contributed by atoms with van der Waals surface area (Å²) in [5, 5.41) is 2.93. The maximum Gasteiger partial charge on any atom is 0.251 e. The highest BCUT2D eigenvalue weighted by Crippen LogP contribution is 2.43. The van der Waals surface area contributed by atoms with Gasteiger partial charge in [-0.3, -0.25) is 0 Å². The molecule has 1 aliphatic carbocycles. The molecule has 0 amide bonds. The van der Waals surface area contributed by atoms with Crippen molar-refractivity contribution in [2.75, 3.05) is 13.6 Å². The van der Waals surface area contributed by atoms with Gasteiger partial charge in [0.15, 0.2) is 0 Å². The van der Waals surface area contributed by atoms with Crippen LogP contribution < -0.4 is 5.32 Å². The number of halogens is 2. The zero-order valence-electron chi connectivity index (χ0n) is 7.03. The molecule has 1 aliphatic rings. The number of nitrogens with one attached hydrogen (secondary N) is 1. The van der Waals surface area contributed by atoms with E-state index >= 15 is 0 Å². The fraction of sp³-hybridized carbons (Fsp3) is 1.00. The largest absolute Gasteiger partial charge is 0.319 e. The molecule has 0 aromatic carbocycles. The van der Waals surface area contributed by atoms with Crippen molar-refractivity contribution in [2.45, 2.75) is 25.7 Å². The van der Waals surface area contributed by atoms with Crippen LogP contribution in [0.5, 0.6) is 0 Å². The number of hydrogen-bond donors (Lipinski definition) is 1. The van der Waals surface area contributed by atoms with Crippen molar-refractivity contribution >= 4 is 0 Å². The van der Waals surface area contributed by atoms with Gasteiger partial charge >= 0.3 is 0 Å². The molecule has 66 valence electrons. The highest BCUT2D eigenvalue weighted by Gasteiger charge is 2.45. The molecule has 0 spiro atoms. The lowest BCUT2D eigenvalue weighted by atomic mass is 10.1. The minimum atomic E-state index is -2.42. The van der Waals surface area contributed by atoms with E-state index in [1.165, 1.54) is 0 Å². The first-order valence-corrected chi connectivity index (χ1v) is 4.08. The fourth-order valence-corrected chi connectivity index (χ4v) is 1.79. The topological polar surface area (TPSA) is 12.0 Å². The normalized spacial score (nSPS) is 36.0. The van der Waals surface area contributed by atoms with Crippen LogP contribution in [-0.4, -0.2) is 19.5 Å². The monoisotopic (exact) mass is 163 g/mol. The molecule has 1 rings (SSSR count). The Morgan fingerprint density at radius 1 is 1.55 bits per heavy atom. The fourth-order valence-electron chi connectivity index (χ4n) is 1.79. The molecule has 1 fully saturated rings. The van der Waals surface area contributed by atoms with Crippen molar-refractivity contribution in [2.24, 2.45) is 11.8 Å². The highest BCUT2D eigenvalue weighted by molar-refractivity contribution is 4.87. The van der Waals surface area contributed by atoms with Crippen molar-refractivity contribution in [3.8, 4) is 0 Å². The molecule has 1 saturated carbocycles. The third-order valence-electron chi connectivity index (χ3n) is 2.46. The Hall–Kier alpha value is -0.180. The lowest BCUT2D eigenvalue weighted by molar-refractivity contribution is -0.0321. The summed E-state index contributed by atoms with van der Waals surface area (Å²) >= 11 is 0. The van der Waals surface area contributed by atoms with Gasteiger partial charge in [-0.05, 0) is 25.9 Å². The summed E-state index contributed by atoms with van der Waals surface area (Å²) < 4.78 is 25.8. The smallest absolute Gasteiger partial charge is 0.251 e. The Morgan fingerprint density at radius 3 is 2.55 bits per heavy atom. The van der Waals surface area contributed by atoms with E-state index in [1.807, 2.05) is 0 Å². The number of rotatable bonds is 2. The summed E-state index contributed by atoms with van der Waals surface area (Å²) in [6, 6.07) is 0. The van der Waals surface area contributed by atoms with Gasteiger partial charge in [0.05, 0.1) is 0 Å². The molecule has 0 radical (unpaired) electrons. The van der Waals surface area contributed by atoms with E-state index in [4.69, 9.17) is 0 Å². The SMILES string of the molecule is CNCC1CC(C)C(F)(F)C1. The van der Waals surface area contributed by atoms with Gasteiger partial charge in [-0.25, -0.2) is 8.78 Å². The maximum atomic E-state index is 12.9. The molecule has 1 nitrogen and oxygen atoms in total. The minimum absolute atomic E-state index is 0.0645. The Balaban J connectivity index is 2.43. The summed E-state index contributed by atoms with van der Waals surface area (Å²) in [6.07, 6.45) is 0.725. The predicted octanol–water partition coefficient (Wildman–Crippen LogP) is 1.89. The molecule has 2 atom stereocenters. The lowest BCUT2D eigenvalue weighted by Gasteiger charge is -2.12. The van der Waals surface area contributed by atoms with Crippen LogP contribution in [0.1, 0.15) is 19.8 Å². The van der Waals surface area contributed by atoms with Gasteiger partial charge in [0.25, 0.3) is 5.92 Å². The minimum Gasteiger partial charge on any atom is -0.319 e. The van der Waals surface area contributed by atoms with Crippen molar-refractivity contribution in [1.29, 1.82) is 0 Å². The predicted molar refractivity (Wildman–Crippen MR) is 40.8 cm³/mol. The molecule has 0 aromatic rings. The Morgan fingerprint density at radius 2 is 2.18 bits per heavy atom. The second-order valence-corrected chi connectivity index (χ2v) is 3.53. The van der Waals surface area contributed by atoms with Gasteiger partial charge in [0, 0.05) is 12.3 Å². The molecule has 11 heavy (non-hydrogen) atoms. The standard InChI is InChI=1S/C8H15F2N/c1-6-3-7(5-11-2)4-8(6,9)10/h6-7,11H,3-5H2,1-2H3. The van der Waals surface area contributed by atoms with E-state index in [-0.39, 0.29) is 12.3 Å². The van der Waals surface area contributed by atoms with Crippen LogP contribution in [0, 0.1) is 11.8 Å². The zero-order chi connectivity index (χ0) is 8.48. The molecule has 3 heteroatoms. The van der Waals surface area contributed by atoms with Gasteiger partial charge in [-0.15, -0.1) is 0 Å². The van der Waals surface area contributed by atoms with E-state index in [0.29, 0.717) is 6.42 Å². The van der Waals surface area contributed by atoms with E-state index in [0.717, 1.165) is 6.54 Å².